The van der Waals surface area contributed by atoms with Crippen LogP contribution in [0.25, 0.3) is 0 Å². The number of unbranched alkanes of at least 4 members (excludes halogenated alkanes) is 2. The van der Waals surface area contributed by atoms with E-state index in [-0.39, 0.29) is 5.92 Å². The second kappa shape index (κ2) is 6.05. The zero-order valence-electron chi connectivity index (χ0n) is 9.97. The Morgan fingerprint density at radius 2 is 1.93 bits per heavy atom. The van der Waals surface area contributed by atoms with Gasteiger partial charge in [-0.3, -0.25) is 4.79 Å². The maximum absolute atomic E-state index is 11.1. The minimum atomic E-state index is -0.649. The second-order valence-electron chi connectivity index (χ2n) is 4.47. The van der Waals surface area contributed by atoms with E-state index in [0.717, 1.165) is 19.3 Å². The molecule has 0 aliphatic rings. The molecule has 0 aromatic heterocycles. The molecule has 0 amide bonds. The fourth-order valence-electron chi connectivity index (χ4n) is 1.73. The SMILES string of the molecule is CCCCCC(C)C(C)(CC)C(=O)O. The van der Waals surface area contributed by atoms with Gasteiger partial charge in [0.1, 0.15) is 0 Å². The van der Waals surface area contributed by atoms with E-state index in [4.69, 9.17) is 5.11 Å². The first-order valence-electron chi connectivity index (χ1n) is 5.72. The Hall–Kier alpha value is -0.530. The van der Waals surface area contributed by atoms with E-state index in [0.29, 0.717) is 0 Å². The van der Waals surface area contributed by atoms with Gasteiger partial charge in [0.25, 0.3) is 0 Å². The summed E-state index contributed by atoms with van der Waals surface area (Å²) in [6, 6.07) is 0. The quantitative estimate of drug-likeness (QED) is 0.636. The molecule has 0 bridgehead atoms. The molecule has 84 valence electrons. The van der Waals surface area contributed by atoms with Gasteiger partial charge in [-0.1, -0.05) is 40.0 Å². The summed E-state index contributed by atoms with van der Waals surface area (Å²) in [5, 5.41) is 9.16. The Kier molecular flexibility index (Phi) is 5.82. The van der Waals surface area contributed by atoms with Crippen LogP contribution in [0.1, 0.15) is 59.8 Å². The highest BCUT2D eigenvalue weighted by atomic mass is 16.4. The van der Waals surface area contributed by atoms with Gasteiger partial charge in [0.2, 0.25) is 0 Å². The monoisotopic (exact) mass is 200 g/mol. The van der Waals surface area contributed by atoms with Crippen molar-refractivity contribution in [1.82, 2.24) is 0 Å². The molecule has 2 atom stereocenters. The Labute approximate surface area is 87.7 Å². The summed E-state index contributed by atoms with van der Waals surface area (Å²) < 4.78 is 0. The van der Waals surface area contributed by atoms with Crippen molar-refractivity contribution in [3.8, 4) is 0 Å². The molecular formula is C12H24O2. The van der Waals surface area contributed by atoms with Gasteiger partial charge in [0, 0.05) is 0 Å². The van der Waals surface area contributed by atoms with Gasteiger partial charge >= 0.3 is 5.97 Å². The highest BCUT2D eigenvalue weighted by Crippen LogP contribution is 2.34. The molecule has 0 aliphatic carbocycles. The van der Waals surface area contributed by atoms with E-state index in [2.05, 4.69) is 13.8 Å². The molecule has 2 heteroatoms. The van der Waals surface area contributed by atoms with Crippen LogP contribution in [0, 0.1) is 11.3 Å². The van der Waals surface area contributed by atoms with Crippen molar-refractivity contribution in [2.24, 2.45) is 11.3 Å². The largest absolute Gasteiger partial charge is 0.481 e. The molecule has 0 rings (SSSR count). The molecule has 0 aromatic carbocycles. The zero-order valence-corrected chi connectivity index (χ0v) is 9.97. The number of hydrogen-bond acceptors (Lipinski definition) is 1. The normalized spacial score (nSPS) is 17.4. The van der Waals surface area contributed by atoms with Gasteiger partial charge in [-0.2, -0.15) is 0 Å². The fraction of sp³-hybridized carbons (Fsp3) is 0.917. The van der Waals surface area contributed by atoms with Crippen molar-refractivity contribution in [1.29, 1.82) is 0 Å². The lowest BCUT2D eigenvalue weighted by Gasteiger charge is -2.30. The van der Waals surface area contributed by atoms with Crippen LogP contribution in [0.5, 0.6) is 0 Å². The summed E-state index contributed by atoms with van der Waals surface area (Å²) in [5.41, 5.74) is -0.534. The van der Waals surface area contributed by atoms with E-state index in [1.54, 1.807) is 0 Å². The summed E-state index contributed by atoms with van der Waals surface area (Å²) in [6.45, 7) is 8.06. The van der Waals surface area contributed by atoms with Gasteiger partial charge in [-0.25, -0.2) is 0 Å². The smallest absolute Gasteiger partial charge is 0.309 e. The van der Waals surface area contributed by atoms with E-state index >= 15 is 0 Å². The fourth-order valence-corrected chi connectivity index (χ4v) is 1.73. The third-order valence-corrected chi connectivity index (χ3v) is 3.55. The van der Waals surface area contributed by atoms with E-state index in [1.807, 2.05) is 13.8 Å². The summed E-state index contributed by atoms with van der Waals surface area (Å²) in [6.07, 6.45) is 5.31. The number of carbonyl (C=O) groups is 1. The molecule has 2 nitrogen and oxygen atoms in total. The molecule has 2 unspecified atom stereocenters. The molecule has 0 aromatic rings. The molecule has 14 heavy (non-hydrogen) atoms. The number of carboxylic acid groups (broad SMARTS) is 1. The van der Waals surface area contributed by atoms with Gasteiger partial charge in [0.05, 0.1) is 5.41 Å². The maximum atomic E-state index is 11.1. The summed E-state index contributed by atoms with van der Waals surface area (Å²) in [4.78, 5) is 11.1. The summed E-state index contributed by atoms with van der Waals surface area (Å²) in [7, 11) is 0. The highest BCUT2D eigenvalue weighted by molar-refractivity contribution is 5.74. The van der Waals surface area contributed by atoms with Crippen molar-refractivity contribution >= 4 is 5.97 Å². The lowest BCUT2D eigenvalue weighted by molar-refractivity contribution is -0.151. The molecule has 0 fully saturated rings. The van der Waals surface area contributed by atoms with Crippen molar-refractivity contribution in [2.45, 2.75) is 59.8 Å². The van der Waals surface area contributed by atoms with Crippen LogP contribution in [0.4, 0.5) is 0 Å². The van der Waals surface area contributed by atoms with Crippen molar-refractivity contribution < 1.29 is 9.90 Å². The Bertz CT molecular complexity index is 177. The topological polar surface area (TPSA) is 37.3 Å². The molecule has 0 saturated heterocycles. The molecule has 0 saturated carbocycles. The molecule has 0 spiro atoms. The minimum Gasteiger partial charge on any atom is -0.481 e. The van der Waals surface area contributed by atoms with Crippen LogP contribution >= 0.6 is 0 Å². The van der Waals surface area contributed by atoms with E-state index in [9.17, 15) is 4.79 Å². The van der Waals surface area contributed by atoms with Gasteiger partial charge in [-0.15, -0.1) is 0 Å². The predicted octanol–water partition coefficient (Wildman–Crippen LogP) is 3.70. The van der Waals surface area contributed by atoms with Crippen LogP contribution in [-0.2, 0) is 4.79 Å². The summed E-state index contributed by atoms with van der Waals surface area (Å²) in [5.74, 6) is -0.374. The minimum absolute atomic E-state index is 0.275. The summed E-state index contributed by atoms with van der Waals surface area (Å²) >= 11 is 0. The van der Waals surface area contributed by atoms with Gasteiger partial charge < -0.3 is 5.11 Å². The zero-order chi connectivity index (χ0) is 11.2. The Balaban J connectivity index is 4.17. The van der Waals surface area contributed by atoms with Crippen molar-refractivity contribution in [3.63, 3.8) is 0 Å². The molecular weight excluding hydrogens is 176 g/mol. The Morgan fingerprint density at radius 3 is 2.29 bits per heavy atom. The van der Waals surface area contributed by atoms with E-state index in [1.165, 1.54) is 12.8 Å². The van der Waals surface area contributed by atoms with Crippen molar-refractivity contribution in [3.05, 3.63) is 0 Å². The number of aliphatic carboxylic acids is 1. The lowest BCUT2D eigenvalue weighted by atomic mass is 9.74. The molecule has 0 heterocycles. The molecule has 0 aliphatic heterocycles. The predicted molar refractivity (Wildman–Crippen MR) is 59.3 cm³/mol. The van der Waals surface area contributed by atoms with Gasteiger partial charge in [-0.05, 0) is 25.7 Å². The third kappa shape index (κ3) is 3.32. The third-order valence-electron chi connectivity index (χ3n) is 3.55. The average Bonchev–Trinajstić information content (AvgIpc) is 2.16. The number of carboxylic acids is 1. The standard InChI is InChI=1S/C12H24O2/c1-5-7-8-9-10(3)12(4,6-2)11(13)14/h10H,5-9H2,1-4H3,(H,13,14). The van der Waals surface area contributed by atoms with Crippen LogP contribution in [0.2, 0.25) is 0 Å². The second-order valence-corrected chi connectivity index (χ2v) is 4.47. The van der Waals surface area contributed by atoms with Gasteiger partial charge in [0.15, 0.2) is 0 Å². The maximum Gasteiger partial charge on any atom is 0.309 e. The van der Waals surface area contributed by atoms with Crippen LogP contribution in [0.3, 0.4) is 0 Å². The highest BCUT2D eigenvalue weighted by Gasteiger charge is 2.36. The molecule has 1 N–H and O–H groups in total. The lowest BCUT2D eigenvalue weighted by Crippen LogP contribution is -2.33. The van der Waals surface area contributed by atoms with E-state index < -0.39 is 11.4 Å². The van der Waals surface area contributed by atoms with Crippen LogP contribution < -0.4 is 0 Å². The first-order valence-corrected chi connectivity index (χ1v) is 5.72. The number of rotatable bonds is 7. The molecule has 0 radical (unpaired) electrons. The first-order chi connectivity index (χ1) is 6.49. The van der Waals surface area contributed by atoms with Crippen molar-refractivity contribution in [2.75, 3.05) is 0 Å². The van der Waals surface area contributed by atoms with Crippen LogP contribution in [-0.4, -0.2) is 11.1 Å². The number of hydrogen-bond donors (Lipinski definition) is 1. The Morgan fingerprint density at radius 1 is 1.36 bits per heavy atom. The van der Waals surface area contributed by atoms with Crippen LogP contribution in [0.15, 0.2) is 0 Å². The average molecular weight is 200 g/mol. The first kappa shape index (κ1) is 13.5.